The molecule has 17 heavy (non-hydrogen) atoms. The molecule has 0 aliphatic carbocycles. The van der Waals surface area contributed by atoms with E-state index in [1.54, 1.807) is 0 Å². The summed E-state index contributed by atoms with van der Waals surface area (Å²) in [6, 6.07) is 6.02. The summed E-state index contributed by atoms with van der Waals surface area (Å²) in [7, 11) is 0. The van der Waals surface area contributed by atoms with E-state index in [-0.39, 0.29) is 12.5 Å². The second kappa shape index (κ2) is 6.25. The fourth-order valence-corrected chi connectivity index (χ4v) is 1.66. The van der Waals surface area contributed by atoms with Gasteiger partial charge in [0.15, 0.2) is 6.61 Å². The maximum absolute atomic E-state index is 10.9. The first-order valence-electron chi connectivity index (χ1n) is 5.74. The number of benzene rings is 1. The number of nitrogens with one attached hydrogen (secondary N) is 1. The molecule has 1 amide bonds. The van der Waals surface area contributed by atoms with E-state index < -0.39 is 0 Å². The minimum atomic E-state index is -0.337. The van der Waals surface area contributed by atoms with E-state index in [0.717, 1.165) is 17.7 Å². The summed E-state index contributed by atoms with van der Waals surface area (Å²) in [4.78, 5) is 10.9. The van der Waals surface area contributed by atoms with Crippen LogP contribution in [0.4, 0.5) is 0 Å². The van der Waals surface area contributed by atoms with Gasteiger partial charge >= 0.3 is 0 Å². The van der Waals surface area contributed by atoms with Crippen LogP contribution in [0.1, 0.15) is 25.0 Å². The number of hydrazine groups is 1. The van der Waals surface area contributed by atoms with Gasteiger partial charge in [0.25, 0.3) is 5.91 Å². The Morgan fingerprint density at radius 3 is 2.71 bits per heavy atom. The minimum Gasteiger partial charge on any atom is -0.483 e. The Bertz CT molecular complexity index is 389. The zero-order valence-electron chi connectivity index (χ0n) is 10.6. The van der Waals surface area contributed by atoms with Gasteiger partial charge in [0.1, 0.15) is 5.75 Å². The van der Waals surface area contributed by atoms with Gasteiger partial charge in [0, 0.05) is 0 Å². The van der Waals surface area contributed by atoms with E-state index in [2.05, 4.69) is 19.9 Å². The third-order valence-corrected chi connectivity index (χ3v) is 2.40. The lowest BCUT2D eigenvalue weighted by Gasteiger charge is -2.11. The molecule has 0 radical (unpaired) electrons. The van der Waals surface area contributed by atoms with Crippen LogP contribution in [0.25, 0.3) is 0 Å². The highest BCUT2D eigenvalue weighted by Crippen LogP contribution is 2.20. The number of rotatable bonds is 5. The van der Waals surface area contributed by atoms with Crippen molar-refractivity contribution in [1.29, 1.82) is 0 Å². The van der Waals surface area contributed by atoms with E-state index >= 15 is 0 Å². The first-order valence-corrected chi connectivity index (χ1v) is 5.74. The van der Waals surface area contributed by atoms with Crippen molar-refractivity contribution in [1.82, 2.24) is 5.43 Å². The number of nitrogens with two attached hydrogens (primary N) is 1. The number of hydrogen-bond acceptors (Lipinski definition) is 3. The maximum atomic E-state index is 10.9. The molecule has 1 aromatic rings. The lowest BCUT2D eigenvalue weighted by atomic mass is 10.0. The molecule has 1 rings (SSSR count). The summed E-state index contributed by atoms with van der Waals surface area (Å²) >= 11 is 0. The predicted molar refractivity (Wildman–Crippen MR) is 67.5 cm³/mol. The molecule has 0 heterocycles. The van der Waals surface area contributed by atoms with Crippen LogP contribution in [0.3, 0.4) is 0 Å². The standard InChI is InChI=1S/C13H20N2O2/c1-9(2)6-11-4-5-12(10(3)7-11)17-8-13(16)15-14/h4-5,7,9H,6,8,14H2,1-3H3,(H,15,16). The predicted octanol–water partition coefficient (Wildman–Crippen LogP) is 1.56. The van der Waals surface area contributed by atoms with Gasteiger partial charge in [0.2, 0.25) is 0 Å². The van der Waals surface area contributed by atoms with E-state index in [4.69, 9.17) is 10.6 Å². The molecule has 0 aliphatic rings. The molecule has 0 spiro atoms. The molecule has 0 atom stereocenters. The molecule has 0 aromatic heterocycles. The summed E-state index contributed by atoms with van der Waals surface area (Å²) in [5, 5.41) is 0. The van der Waals surface area contributed by atoms with Crippen molar-refractivity contribution in [3.05, 3.63) is 29.3 Å². The smallest absolute Gasteiger partial charge is 0.271 e. The van der Waals surface area contributed by atoms with E-state index in [1.807, 2.05) is 24.5 Å². The Morgan fingerprint density at radius 2 is 2.18 bits per heavy atom. The van der Waals surface area contributed by atoms with Gasteiger partial charge in [-0.05, 0) is 36.5 Å². The lowest BCUT2D eigenvalue weighted by molar-refractivity contribution is -0.123. The highest BCUT2D eigenvalue weighted by molar-refractivity contribution is 5.76. The van der Waals surface area contributed by atoms with Crippen LogP contribution in [0, 0.1) is 12.8 Å². The summed E-state index contributed by atoms with van der Waals surface area (Å²) in [6.07, 6.45) is 1.05. The molecular formula is C13H20N2O2. The Labute approximate surface area is 102 Å². The number of ether oxygens (including phenoxy) is 1. The molecule has 4 nitrogen and oxygen atoms in total. The van der Waals surface area contributed by atoms with Crippen molar-refractivity contribution in [2.24, 2.45) is 11.8 Å². The number of amides is 1. The summed E-state index contributed by atoms with van der Waals surface area (Å²) in [6.45, 7) is 6.29. The van der Waals surface area contributed by atoms with E-state index in [9.17, 15) is 4.79 Å². The van der Waals surface area contributed by atoms with Crippen molar-refractivity contribution in [3.63, 3.8) is 0 Å². The van der Waals surface area contributed by atoms with Crippen LogP contribution in [0.2, 0.25) is 0 Å². The van der Waals surface area contributed by atoms with Crippen molar-refractivity contribution >= 4 is 5.91 Å². The van der Waals surface area contributed by atoms with Gasteiger partial charge in [0.05, 0.1) is 0 Å². The molecule has 0 unspecified atom stereocenters. The molecule has 0 fully saturated rings. The lowest BCUT2D eigenvalue weighted by Crippen LogP contribution is -2.34. The van der Waals surface area contributed by atoms with Crippen LogP contribution in [-0.2, 0) is 11.2 Å². The highest BCUT2D eigenvalue weighted by atomic mass is 16.5. The summed E-state index contributed by atoms with van der Waals surface area (Å²) in [5.41, 5.74) is 4.35. The molecule has 4 heteroatoms. The van der Waals surface area contributed by atoms with E-state index in [1.165, 1.54) is 5.56 Å². The van der Waals surface area contributed by atoms with E-state index in [0.29, 0.717) is 5.92 Å². The number of carbonyl (C=O) groups excluding carboxylic acids is 1. The van der Waals surface area contributed by atoms with Gasteiger partial charge in [-0.25, -0.2) is 5.84 Å². The van der Waals surface area contributed by atoms with Crippen LogP contribution in [-0.4, -0.2) is 12.5 Å². The average molecular weight is 236 g/mol. The first kappa shape index (κ1) is 13.5. The topological polar surface area (TPSA) is 64.3 Å². The molecule has 0 bridgehead atoms. The quantitative estimate of drug-likeness (QED) is 0.463. The van der Waals surface area contributed by atoms with Crippen molar-refractivity contribution < 1.29 is 9.53 Å². The molecule has 94 valence electrons. The normalized spacial score (nSPS) is 10.4. The van der Waals surface area contributed by atoms with Gasteiger partial charge in [-0.3, -0.25) is 10.2 Å². The van der Waals surface area contributed by atoms with Crippen molar-refractivity contribution in [3.8, 4) is 5.75 Å². The number of carbonyl (C=O) groups is 1. The number of hydrogen-bond donors (Lipinski definition) is 2. The van der Waals surface area contributed by atoms with Gasteiger partial charge < -0.3 is 4.74 Å². The Morgan fingerprint density at radius 1 is 1.47 bits per heavy atom. The van der Waals surface area contributed by atoms with Crippen molar-refractivity contribution in [2.45, 2.75) is 27.2 Å². The maximum Gasteiger partial charge on any atom is 0.271 e. The van der Waals surface area contributed by atoms with Crippen LogP contribution in [0.15, 0.2) is 18.2 Å². The zero-order valence-corrected chi connectivity index (χ0v) is 10.6. The van der Waals surface area contributed by atoms with Crippen LogP contribution in [0.5, 0.6) is 5.75 Å². The molecular weight excluding hydrogens is 216 g/mol. The molecule has 1 aromatic carbocycles. The molecule has 0 saturated heterocycles. The zero-order chi connectivity index (χ0) is 12.8. The monoisotopic (exact) mass is 236 g/mol. The van der Waals surface area contributed by atoms with Crippen LogP contribution < -0.4 is 16.0 Å². The number of aryl methyl sites for hydroxylation is 1. The fraction of sp³-hybridized carbons (Fsp3) is 0.462. The van der Waals surface area contributed by atoms with Gasteiger partial charge in [-0.15, -0.1) is 0 Å². The van der Waals surface area contributed by atoms with Gasteiger partial charge in [-0.2, -0.15) is 0 Å². The average Bonchev–Trinajstić information content (AvgIpc) is 2.26. The third kappa shape index (κ3) is 4.44. The summed E-state index contributed by atoms with van der Waals surface area (Å²) < 4.78 is 5.36. The van der Waals surface area contributed by atoms with Gasteiger partial charge in [-0.1, -0.05) is 26.0 Å². The van der Waals surface area contributed by atoms with Crippen molar-refractivity contribution in [2.75, 3.05) is 6.61 Å². The minimum absolute atomic E-state index is 0.0547. The Hall–Kier alpha value is -1.55. The fourth-order valence-electron chi connectivity index (χ4n) is 1.66. The first-order chi connectivity index (χ1) is 8.02. The molecule has 0 saturated carbocycles. The highest BCUT2D eigenvalue weighted by Gasteiger charge is 2.05. The largest absolute Gasteiger partial charge is 0.483 e. The van der Waals surface area contributed by atoms with Crippen LogP contribution >= 0.6 is 0 Å². The second-order valence-electron chi connectivity index (χ2n) is 4.55. The molecule has 0 aliphatic heterocycles. The molecule has 3 N–H and O–H groups in total. The Balaban J connectivity index is 2.66. The third-order valence-electron chi connectivity index (χ3n) is 2.40. The Kier molecular flexibility index (Phi) is 4.97. The SMILES string of the molecule is Cc1cc(CC(C)C)ccc1OCC(=O)NN. The second-order valence-corrected chi connectivity index (χ2v) is 4.55. The summed E-state index contributed by atoms with van der Waals surface area (Å²) in [5.74, 6) is 5.99.